The third-order valence-electron chi connectivity index (χ3n) is 2.53. The van der Waals surface area contributed by atoms with Crippen molar-refractivity contribution in [2.75, 3.05) is 7.11 Å². The number of halogens is 2. The highest BCUT2D eigenvalue weighted by atomic mass is 35.5. The number of carboxylic acid groups (broad SMARTS) is 1. The summed E-state index contributed by atoms with van der Waals surface area (Å²) in [6.07, 6.45) is -0.208. The monoisotopic (exact) mass is 260 g/mol. The van der Waals surface area contributed by atoms with Crippen molar-refractivity contribution >= 4 is 17.6 Å². The van der Waals surface area contributed by atoms with Gasteiger partial charge in [-0.2, -0.15) is 0 Å². The maximum Gasteiger partial charge on any atom is 0.304 e. The predicted octanol–water partition coefficient (Wildman–Crippen LogP) is 3.24. The van der Waals surface area contributed by atoms with Crippen LogP contribution >= 0.6 is 11.6 Å². The summed E-state index contributed by atoms with van der Waals surface area (Å²) in [5.41, 5.74) is -0.707. The fourth-order valence-corrected chi connectivity index (χ4v) is 2.06. The molecule has 1 N–H and O–H groups in total. The molecule has 17 heavy (non-hydrogen) atoms. The molecule has 0 aromatic heterocycles. The van der Waals surface area contributed by atoms with Crippen molar-refractivity contribution in [2.24, 2.45) is 0 Å². The lowest BCUT2D eigenvalue weighted by Crippen LogP contribution is -2.24. The van der Waals surface area contributed by atoms with Crippen LogP contribution in [0.2, 0.25) is 5.02 Å². The van der Waals surface area contributed by atoms with Crippen LogP contribution in [0.1, 0.15) is 25.8 Å². The Morgan fingerprint density at radius 3 is 2.59 bits per heavy atom. The molecule has 0 fully saturated rings. The largest absolute Gasteiger partial charge is 0.495 e. The zero-order chi connectivity index (χ0) is 13.2. The molecule has 0 aliphatic heterocycles. The van der Waals surface area contributed by atoms with Gasteiger partial charge in [0.15, 0.2) is 0 Å². The number of benzene rings is 1. The lowest BCUT2D eigenvalue weighted by molar-refractivity contribution is -0.138. The van der Waals surface area contributed by atoms with E-state index in [1.165, 1.54) is 19.2 Å². The summed E-state index contributed by atoms with van der Waals surface area (Å²) in [4.78, 5) is 10.8. The van der Waals surface area contributed by atoms with Crippen molar-refractivity contribution in [3.63, 3.8) is 0 Å². The standard InChI is InChI=1S/C12H14ClFO3/c1-12(2,6-9(15)16)10-8(14)5-4-7(13)11(10)17-3/h4-5H,6H2,1-3H3,(H,15,16). The van der Waals surface area contributed by atoms with Crippen molar-refractivity contribution in [3.8, 4) is 5.75 Å². The van der Waals surface area contributed by atoms with Crippen LogP contribution < -0.4 is 4.74 Å². The van der Waals surface area contributed by atoms with Gasteiger partial charge in [0.1, 0.15) is 11.6 Å². The van der Waals surface area contributed by atoms with E-state index in [1.807, 2.05) is 0 Å². The lowest BCUT2D eigenvalue weighted by atomic mass is 9.80. The van der Waals surface area contributed by atoms with Gasteiger partial charge in [-0.25, -0.2) is 4.39 Å². The average molecular weight is 261 g/mol. The fourth-order valence-electron chi connectivity index (χ4n) is 1.83. The van der Waals surface area contributed by atoms with E-state index in [4.69, 9.17) is 21.4 Å². The van der Waals surface area contributed by atoms with Gasteiger partial charge in [0.2, 0.25) is 0 Å². The number of methoxy groups -OCH3 is 1. The molecule has 0 amide bonds. The summed E-state index contributed by atoms with van der Waals surface area (Å²) in [7, 11) is 1.38. The van der Waals surface area contributed by atoms with Gasteiger partial charge >= 0.3 is 5.97 Å². The average Bonchev–Trinajstić information content (AvgIpc) is 2.18. The molecule has 0 atom stereocenters. The number of rotatable bonds is 4. The Balaban J connectivity index is 3.38. The van der Waals surface area contributed by atoms with Gasteiger partial charge in [-0.05, 0) is 12.1 Å². The minimum atomic E-state index is -1.00. The van der Waals surface area contributed by atoms with Crippen molar-refractivity contribution in [3.05, 3.63) is 28.5 Å². The van der Waals surface area contributed by atoms with Gasteiger partial charge < -0.3 is 9.84 Å². The summed E-state index contributed by atoms with van der Waals surface area (Å²) in [6, 6.07) is 2.60. The first-order valence-corrected chi connectivity index (χ1v) is 5.41. The minimum absolute atomic E-state index is 0.190. The number of hydrogen-bond acceptors (Lipinski definition) is 2. The van der Waals surface area contributed by atoms with Crippen LogP contribution in [0, 0.1) is 5.82 Å². The number of ether oxygens (including phenoxy) is 1. The molecule has 94 valence electrons. The smallest absolute Gasteiger partial charge is 0.304 e. The fraction of sp³-hybridized carbons (Fsp3) is 0.417. The maximum absolute atomic E-state index is 13.8. The Hall–Kier alpha value is -1.29. The lowest BCUT2D eigenvalue weighted by Gasteiger charge is -2.26. The van der Waals surface area contributed by atoms with E-state index in [9.17, 15) is 9.18 Å². The Morgan fingerprint density at radius 2 is 2.12 bits per heavy atom. The molecular formula is C12H14ClFO3. The Bertz CT molecular complexity index is 444. The zero-order valence-corrected chi connectivity index (χ0v) is 10.6. The van der Waals surface area contributed by atoms with Crippen LogP contribution in [0.4, 0.5) is 4.39 Å². The Morgan fingerprint density at radius 1 is 1.53 bits per heavy atom. The van der Waals surface area contributed by atoms with E-state index in [-0.39, 0.29) is 22.8 Å². The second-order valence-corrected chi connectivity index (χ2v) is 4.80. The molecule has 1 aromatic rings. The van der Waals surface area contributed by atoms with Crippen LogP contribution in [0.5, 0.6) is 5.75 Å². The molecule has 0 spiro atoms. The topological polar surface area (TPSA) is 46.5 Å². The van der Waals surface area contributed by atoms with Crippen LogP contribution in [0.3, 0.4) is 0 Å². The minimum Gasteiger partial charge on any atom is -0.495 e. The van der Waals surface area contributed by atoms with Crippen LogP contribution in [-0.4, -0.2) is 18.2 Å². The summed E-state index contributed by atoms with van der Waals surface area (Å²) >= 11 is 5.91. The van der Waals surface area contributed by atoms with Gasteiger partial charge in [-0.15, -0.1) is 0 Å². The highest BCUT2D eigenvalue weighted by Gasteiger charge is 2.31. The Kier molecular flexibility index (Phi) is 3.98. The van der Waals surface area contributed by atoms with Gasteiger partial charge in [0, 0.05) is 11.0 Å². The van der Waals surface area contributed by atoms with Crippen LogP contribution in [-0.2, 0) is 10.2 Å². The number of aliphatic carboxylic acids is 1. The Labute approximate surface area is 104 Å². The zero-order valence-electron chi connectivity index (χ0n) is 9.88. The van der Waals surface area contributed by atoms with E-state index >= 15 is 0 Å². The van der Waals surface area contributed by atoms with Crippen LogP contribution in [0.25, 0.3) is 0 Å². The van der Waals surface area contributed by atoms with Crippen molar-refractivity contribution in [1.29, 1.82) is 0 Å². The third-order valence-corrected chi connectivity index (χ3v) is 2.83. The van der Waals surface area contributed by atoms with Crippen molar-refractivity contribution in [2.45, 2.75) is 25.7 Å². The molecule has 0 aliphatic carbocycles. The molecule has 0 radical (unpaired) electrons. The predicted molar refractivity (Wildman–Crippen MR) is 63.2 cm³/mol. The molecule has 0 saturated carbocycles. The second-order valence-electron chi connectivity index (χ2n) is 4.39. The highest BCUT2D eigenvalue weighted by molar-refractivity contribution is 6.32. The SMILES string of the molecule is COc1c(Cl)ccc(F)c1C(C)(C)CC(=O)O. The van der Waals surface area contributed by atoms with Gasteiger partial charge in [0.05, 0.1) is 18.6 Å². The molecule has 0 saturated heterocycles. The van der Waals surface area contributed by atoms with Gasteiger partial charge in [-0.1, -0.05) is 25.4 Å². The first-order chi connectivity index (χ1) is 7.79. The summed E-state index contributed by atoms with van der Waals surface area (Å²) in [6.45, 7) is 3.27. The van der Waals surface area contributed by atoms with Crippen molar-refractivity contribution < 1.29 is 19.0 Å². The summed E-state index contributed by atoms with van der Waals surface area (Å²) in [5, 5.41) is 9.10. The molecular weight excluding hydrogens is 247 g/mol. The number of carbonyl (C=O) groups is 1. The maximum atomic E-state index is 13.8. The first kappa shape index (κ1) is 13.8. The molecule has 0 aliphatic rings. The van der Waals surface area contributed by atoms with E-state index < -0.39 is 17.2 Å². The molecule has 0 bridgehead atoms. The van der Waals surface area contributed by atoms with Crippen LogP contribution in [0.15, 0.2) is 12.1 Å². The summed E-state index contributed by atoms with van der Waals surface area (Å²) in [5.74, 6) is -1.33. The molecule has 3 nitrogen and oxygen atoms in total. The first-order valence-electron chi connectivity index (χ1n) is 5.04. The quantitative estimate of drug-likeness (QED) is 0.904. The highest BCUT2D eigenvalue weighted by Crippen LogP contribution is 2.40. The normalized spacial score (nSPS) is 11.4. The van der Waals surface area contributed by atoms with E-state index in [1.54, 1.807) is 13.8 Å². The molecule has 0 unspecified atom stereocenters. The molecule has 1 aromatic carbocycles. The third kappa shape index (κ3) is 2.88. The molecule has 0 heterocycles. The van der Waals surface area contributed by atoms with E-state index in [2.05, 4.69) is 0 Å². The molecule has 1 rings (SSSR count). The van der Waals surface area contributed by atoms with Gasteiger partial charge in [0.25, 0.3) is 0 Å². The summed E-state index contributed by atoms with van der Waals surface area (Å²) < 4.78 is 18.9. The van der Waals surface area contributed by atoms with E-state index in [0.29, 0.717) is 0 Å². The number of carboxylic acids is 1. The second kappa shape index (κ2) is 4.92. The van der Waals surface area contributed by atoms with E-state index in [0.717, 1.165) is 0 Å². The van der Waals surface area contributed by atoms with Crippen molar-refractivity contribution in [1.82, 2.24) is 0 Å². The molecule has 5 heteroatoms. The number of hydrogen-bond donors (Lipinski definition) is 1. The van der Waals surface area contributed by atoms with Gasteiger partial charge in [-0.3, -0.25) is 4.79 Å².